The van der Waals surface area contributed by atoms with Gasteiger partial charge in [-0.3, -0.25) is 0 Å². The third kappa shape index (κ3) is 1.90. The van der Waals surface area contributed by atoms with E-state index in [0.717, 1.165) is 4.68 Å². The van der Waals surface area contributed by atoms with Gasteiger partial charge < -0.3 is 0 Å². The molecule has 0 radical (unpaired) electrons. The van der Waals surface area contributed by atoms with E-state index >= 15 is 0 Å². The zero-order valence-electron chi connectivity index (χ0n) is 7.78. The summed E-state index contributed by atoms with van der Waals surface area (Å²) in [5.74, 6) is 0. The van der Waals surface area contributed by atoms with Crippen LogP contribution in [-0.4, -0.2) is 26.2 Å². The molecule has 0 atom stereocenters. The maximum atomic E-state index is 12.2. The number of halogens is 3. The monoisotopic (exact) mass is 232 g/mol. The van der Waals surface area contributed by atoms with Crippen molar-refractivity contribution in [2.45, 2.75) is 19.9 Å². The molecule has 0 aromatic carbocycles. The van der Waals surface area contributed by atoms with Crippen molar-refractivity contribution >= 4 is 22.6 Å². The zero-order valence-corrected chi connectivity index (χ0v) is 8.54. The summed E-state index contributed by atoms with van der Waals surface area (Å²) < 4.78 is 25.6. The number of aryl methyl sites for hydroxylation is 1. The molecule has 0 aliphatic carbocycles. The Balaban J connectivity index is 2.59. The summed E-state index contributed by atoms with van der Waals surface area (Å²) in [6.07, 6.45) is -0.990. The fourth-order valence-electron chi connectivity index (χ4n) is 1.34. The molecule has 80 valence electrons. The summed E-state index contributed by atoms with van der Waals surface area (Å²) in [7, 11) is 0. The Morgan fingerprint density at radius 3 is 2.93 bits per heavy atom. The fourth-order valence-corrected chi connectivity index (χ4v) is 1.47. The summed E-state index contributed by atoms with van der Waals surface area (Å²) in [4.78, 5) is 7.65. The second-order valence-electron chi connectivity index (χ2n) is 3.03. The van der Waals surface area contributed by atoms with Gasteiger partial charge in [-0.1, -0.05) is 0 Å². The number of alkyl halides is 2. The van der Waals surface area contributed by atoms with E-state index in [0.29, 0.717) is 16.7 Å². The molecule has 0 bridgehead atoms. The van der Waals surface area contributed by atoms with E-state index in [-0.39, 0.29) is 5.28 Å². The number of hydrogen-bond acceptors (Lipinski definition) is 3. The first-order valence-corrected chi connectivity index (χ1v) is 4.59. The molecule has 0 aliphatic heterocycles. The van der Waals surface area contributed by atoms with Gasteiger partial charge in [-0.2, -0.15) is 10.1 Å². The van der Waals surface area contributed by atoms with E-state index in [9.17, 15) is 8.78 Å². The average Bonchev–Trinajstić information content (AvgIpc) is 2.42. The third-order valence-electron chi connectivity index (χ3n) is 1.96. The highest BCUT2D eigenvalue weighted by molar-refractivity contribution is 6.28. The summed E-state index contributed by atoms with van der Waals surface area (Å²) in [6.45, 7) is 1.22. The van der Waals surface area contributed by atoms with Crippen molar-refractivity contribution in [1.82, 2.24) is 19.7 Å². The Kier molecular flexibility index (Phi) is 2.52. The van der Waals surface area contributed by atoms with E-state index in [4.69, 9.17) is 11.6 Å². The zero-order chi connectivity index (χ0) is 11.0. The predicted molar refractivity (Wildman–Crippen MR) is 51.1 cm³/mol. The fraction of sp³-hybridized carbons (Fsp3) is 0.375. The second kappa shape index (κ2) is 3.69. The topological polar surface area (TPSA) is 43.6 Å². The van der Waals surface area contributed by atoms with Gasteiger partial charge in [-0.15, -0.1) is 0 Å². The molecular weight excluding hydrogens is 226 g/mol. The molecule has 2 aromatic heterocycles. The highest BCUT2D eigenvalue weighted by atomic mass is 35.5. The maximum absolute atomic E-state index is 12.2. The molecule has 7 heteroatoms. The maximum Gasteiger partial charge on any atom is 0.258 e. The van der Waals surface area contributed by atoms with Crippen LogP contribution in [0.2, 0.25) is 5.28 Å². The van der Waals surface area contributed by atoms with Crippen LogP contribution in [0.25, 0.3) is 11.0 Å². The molecular formula is C8H7ClF2N4. The minimum absolute atomic E-state index is 0.0258. The van der Waals surface area contributed by atoms with Crippen LogP contribution < -0.4 is 0 Å². The third-order valence-corrected chi connectivity index (χ3v) is 2.14. The first-order chi connectivity index (χ1) is 7.08. The van der Waals surface area contributed by atoms with E-state index in [1.807, 2.05) is 0 Å². The van der Waals surface area contributed by atoms with Crippen LogP contribution in [0.1, 0.15) is 5.69 Å². The van der Waals surface area contributed by atoms with Gasteiger partial charge in [0.1, 0.15) is 6.54 Å². The molecule has 4 nitrogen and oxygen atoms in total. The van der Waals surface area contributed by atoms with E-state index < -0.39 is 13.0 Å². The smallest absolute Gasteiger partial charge is 0.241 e. The number of rotatable bonds is 2. The Labute approximate surface area is 88.9 Å². The Bertz CT molecular complexity index is 497. The van der Waals surface area contributed by atoms with Crippen molar-refractivity contribution in [1.29, 1.82) is 0 Å². The van der Waals surface area contributed by atoms with E-state index in [2.05, 4.69) is 15.1 Å². The molecule has 0 spiro atoms. The average molecular weight is 233 g/mol. The van der Waals surface area contributed by atoms with Crippen molar-refractivity contribution in [3.63, 3.8) is 0 Å². The van der Waals surface area contributed by atoms with Crippen LogP contribution in [0, 0.1) is 6.92 Å². The van der Waals surface area contributed by atoms with Gasteiger partial charge in [0, 0.05) is 6.20 Å². The SMILES string of the molecule is Cc1nn(CC(F)F)c2nc(Cl)ncc12. The second-order valence-corrected chi connectivity index (χ2v) is 3.37. The molecule has 15 heavy (non-hydrogen) atoms. The lowest BCUT2D eigenvalue weighted by molar-refractivity contribution is 0.123. The molecule has 2 heterocycles. The lowest BCUT2D eigenvalue weighted by atomic mass is 10.3. The Morgan fingerprint density at radius 2 is 2.27 bits per heavy atom. The van der Waals surface area contributed by atoms with Crippen LogP contribution >= 0.6 is 11.6 Å². The summed E-state index contributed by atoms with van der Waals surface area (Å²) in [5.41, 5.74) is 0.954. The molecule has 0 amide bonds. The number of hydrogen-bond donors (Lipinski definition) is 0. The highest BCUT2D eigenvalue weighted by Crippen LogP contribution is 2.17. The molecule has 0 unspecified atom stereocenters. The van der Waals surface area contributed by atoms with Crippen molar-refractivity contribution in [3.05, 3.63) is 17.2 Å². The van der Waals surface area contributed by atoms with Crippen LogP contribution in [0.4, 0.5) is 8.78 Å². The minimum atomic E-state index is -2.47. The Hall–Kier alpha value is -1.30. The van der Waals surface area contributed by atoms with Gasteiger partial charge in [-0.25, -0.2) is 18.4 Å². The molecule has 0 fully saturated rings. The quantitative estimate of drug-likeness (QED) is 0.745. The predicted octanol–water partition coefficient (Wildman–Crippen LogP) is 2.05. The van der Waals surface area contributed by atoms with Crippen molar-refractivity contribution in [2.75, 3.05) is 0 Å². The van der Waals surface area contributed by atoms with E-state index in [1.165, 1.54) is 6.20 Å². The Morgan fingerprint density at radius 1 is 1.53 bits per heavy atom. The number of nitrogens with zero attached hydrogens (tertiary/aromatic N) is 4. The highest BCUT2D eigenvalue weighted by Gasteiger charge is 2.13. The van der Waals surface area contributed by atoms with Gasteiger partial charge in [-0.05, 0) is 18.5 Å². The first kappa shape index (κ1) is 10.2. The van der Waals surface area contributed by atoms with Crippen LogP contribution in [-0.2, 0) is 6.54 Å². The van der Waals surface area contributed by atoms with Crippen LogP contribution in [0.3, 0.4) is 0 Å². The molecule has 2 aromatic rings. The lowest BCUT2D eigenvalue weighted by Gasteiger charge is -2.00. The van der Waals surface area contributed by atoms with Crippen molar-refractivity contribution in [3.8, 4) is 0 Å². The van der Waals surface area contributed by atoms with Gasteiger partial charge in [0.15, 0.2) is 5.65 Å². The molecule has 0 aliphatic rings. The molecule has 0 saturated heterocycles. The number of fused-ring (bicyclic) bond motifs is 1. The van der Waals surface area contributed by atoms with Crippen LogP contribution in [0.15, 0.2) is 6.20 Å². The number of aromatic nitrogens is 4. The normalized spacial score (nSPS) is 11.5. The van der Waals surface area contributed by atoms with Crippen LogP contribution in [0.5, 0.6) is 0 Å². The van der Waals surface area contributed by atoms with E-state index in [1.54, 1.807) is 6.92 Å². The van der Waals surface area contributed by atoms with Gasteiger partial charge in [0.2, 0.25) is 5.28 Å². The molecule has 0 saturated carbocycles. The summed E-state index contributed by atoms with van der Waals surface area (Å²) in [5, 5.41) is 4.61. The standard InChI is InChI=1S/C8H7ClF2N4/c1-4-5-2-12-8(9)13-7(5)15(14-4)3-6(10)11/h2,6H,3H2,1H3. The van der Waals surface area contributed by atoms with Gasteiger partial charge >= 0.3 is 0 Å². The van der Waals surface area contributed by atoms with Crippen molar-refractivity contribution < 1.29 is 8.78 Å². The minimum Gasteiger partial charge on any atom is -0.241 e. The van der Waals surface area contributed by atoms with Crippen molar-refractivity contribution in [2.24, 2.45) is 0 Å². The summed E-state index contributed by atoms with van der Waals surface area (Å²) >= 11 is 5.59. The van der Waals surface area contributed by atoms with Gasteiger partial charge in [0.05, 0.1) is 11.1 Å². The molecule has 0 N–H and O–H groups in total. The van der Waals surface area contributed by atoms with Gasteiger partial charge in [0.25, 0.3) is 6.43 Å². The first-order valence-electron chi connectivity index (χ1n) is 4.21. The molecule has 2 rings (SSSR count). The largest absolute Gasteiger partial charge is 0.258 e. The lowest BCUT2D eigenvalue weighted by Crippen LogP contribution is -2.08. The summed E-state index contributed by atoms with van der Waals surface area (Å²) in [6, 6.07) is 0.